The normalized spacial score (nSPS) is 22.3. The second kappa shape index (κ2) is 27.1. The summed E-state index contributed by atoms with van der Waals surface area (Å²) in [5.74, 6) is 5.42. The molecule has 0 aliphatic carbocycles. The van der Waals surface area contributed by atoms with E-state index in [4.69, 9.17) is 47.4 Å². The van der Waals surface area contributed by atoms with Crippen molar-refractivity contribution in [1.29, 1.82) is 0 Å². The van der Waals surface area contributed by atoms with Crippen molar-refractivity contribution >= 4 is 0 Å². The van der Waals surface area contributed by atoms with E-state index in [2.05, 4.69) is 135 Å². The van der Waals surface area contributed by atoms with Gasteiger partial charge in [-0.15, -0.1) is 0 Å². The third-order valence-electron chi connectivity index (χ3n) is 24.8. The lowest BCUT2D eigenvalue weighted by molar-refractivity contribution is -0.167. The molecule has 18 heteroatoms. The monoisotopic (exact) mass is 1530 g/mol. The first-order chi connectivity index (χ1) is 51.8. The fourth-order valence-electron chi connectivity index (χ4n) is 19.5. The predicted molar refractivity (Wildman–Crippen MR) is 432 cm³/mol. The van der Waals surface area contributed by atoms with Crippen LogP contribution in [0.25, 0.3) is 0 Å². The highest BCUT2D eigenvalue weighted by molar-refractivity contribution is 5.60. The minimum atomic E-state index is -0.918. The van der Waals surface area contributed by atoms with Crippen molar-refractivity contribution in [2.45, 2.75) is 283 Å². The van der Waals surface area contributed by atoms with Crippen LogP contribution in [0.2, 0.25) is 0 Å². The lowest BCUT2D eigenvalue weighted by Crippen LogP contribution is -2.55. The molecule has 8 aliphatic heterocycles. The number of phenols is 6. The van der Waals surface area contributed by atoms with Crippen molar-refractivity contribution in [1.82, 2.24) is 0 Å². The van der Waals surface area contributed by atoms with Crippen molar-refractivity contribution < 1.29 is 88.2 Å². The molecule has 18 nitrogen and oxygen atoms in total. The van der Waals surface area contributed by atoms with Crippen LogP contribution < -0.4 is 47.4 Å². The van der Waals surface area contributed by atoms with Crippen LogP contribution in [-0.2, 0) is 56.5 Å². The highest BCUT2D eigenvalue weighted by Crippen LogP contribution is 2.61. The van der Waals surface area contributed by atoms with E-state index < -0.39 is 23.1 Å². The zero-order valence-corrected chi connectivity index (χ0v) is 70.0. The first-order valence-electron chi connectivity index (χ1n) is 39.1. The standard InChI is InChI=1S/C25H32O4.C23H28O6.2C23H28O4/c1-15-8-21-18(10-17(15)12-26)23(3,4)13-25(28-21)14-24(5,6)19-11-20(27-7)16(2)9-22(19)29-25;1-21(2)11-23(28-18-6-13(10-24)16(25)7-14(18)21)12-22(3,4)15-8-17(26)20(27-5)9-19(15)29-23;2*1-13-7-19-15(9-17(13)24)21(3,4)11-23(26-19)12-22(5,6)16-10-18(25)14(2)8-20(16)27-23/h8-11,26H,12-14H2,1-7H3;6-9,24-26H,10-12H2,1-5H3;2*7-10,24-25H,11-12H2,1-6H3. The summed E-state index contributed by atoms with van der Waals surface area (Å²) >= 11 is 0. The number of aryl methyl sites for hydroxylation is 6. The third-order valence-corrected chi connectivity index (χ3v) is 24.8. The van der Waals surface area contributed by atoms with E-state index in [0.717, 1.165) is 137 Å². The highest BCUT2D eigenvalue weighted by Gasteiger charge is 2.58. The van der Waals surface area contributed by atoms with Crippen LogP contribution in [0.1, 0.15) is 251 Å². The lowest BCUT2D eigenvalue weighted by atomic mass is 9.68. The molecule has 0 bridgehead atoms. The topological polar surface area (TPSA) is 254 Å². The van der Waals surface area contributed by atoms with Gasteiger partial charge in [0.25, 0.3) is 23.1 Å². The Hall–Kier alpha value is -9.52. The molecule has 0 saturated carbocycles. The fourth-order valence-corrected chi connectivity index (χ4v) is 19.5. The average molecular weight is 1530 g/mol. The smallest absolute Gasteiger partial charge is 0.252 e. The first-order valence-corrected chi connectivity index (χ1v) is 39.1. The zero-order chi connectivity index (χ0) is 81.9. The summed E-state index contributed by atoms with van der Waals surface area (Å²) in [4.78, 5) is 0. The van der Waals surface area contributed by atoms with Gasteiger partial charge in [0.1, 0.15) is 80.5 Å². The Morgan fingerprint density at radius 1 is 0.241 bits per heavy atom. The van der Waals surface area contributed by atoms with Crippen LogP contribution >= 0.6 is 0 Å². The Labute approximate surface area is 660 Å². The van der Waals surface area contributed by atoms with E-state index in [1.54, 1.807) is 31.4 Å². The molecule has 0 radical (unpaired) electrons. The van der Waals surface area contributed by atoms with Crippen LogP contribution in [0.5, 0.6) is 92.0 Å². The molecule has 8 aromatic carbocycles. The minimum Gasteiger partial charge on any atom is -0.508 e. The summed E-state index contributed by atoms with van der Waals surface area (Å²) < 4.78 is 63.0. The number of methoxy groups -OCH3 is 2. The highest BCUT2D eigenvalue weighted by atomic mass is 16.7. The average Bonchev–Trinajstić information content (AvgIpc) is 0.737. The van der Waals surface area contributed by atoms with Gasteiger partial charge in [0, 0.05) is 151 Å². The van der Waals surface area contributed by atoms with Gasteiger partial charge in [0.05, 0.1) is 27.4 Å². The number of fused-ring (bicyclic) bond motifs is 8. The summed E-state index contributed by atoms with van der Waals surface area (Å²) in [5.41, 5.74) is 13.0. The molecule has 0 fully saturated rings. The number of ether oxygens (including phenoxy) is 10. The third kappa shape index (κ3) is 14.4. The molecule has 16 rings (SSSR count). The maximum absolute atomic E-state index is 10.2. The number of hydrogen-bond acceptors (Lipinski definition) is 18. The number of phenolic OH excluding ortho intramolecular Hbond substituents is 5. The quantitative estimate of drug-likeness (QED) is 0.0815. The summed E-state index contributed by atoms with van der Waals surface area (Å²) in [6.07, 6.45) is 5.37. The Bertz CT molecular complexity index is 4610. The summed E-state index contributed by atoms with van der Waals surface area (Å²) in [5, 5.41) is 80.4. The number of aliphatic hydroxyl groups is 2. The SMILES string of the molecule is COc1cc2c(cc1C)OC1(CC(C)(C)c3cc(CO)c(C)cc3O1)CC2(C)C.COc1cc2c(cc1O)C(C)(C)CC1(CC(C)(C)c3cc(O)c(CO)cc3O1)O2.Cc1cc2c(cc1O)C(C)(C)CC1(CC(C)(C)c3cc(O)c(C)cc3O1)O2.Cc1cc2c(cc1O)C(C)(C)CC1(CC(C)(C)c3cc(O)c(C)cc3O1)O2. The van der Waals surface area contributed by atoms with E-state index in [0.29, 0.717) is 84.3 Å². The molecule has 4 spiro atoms. The van der Waals surface area contributed by atoms with Gasteiger partial charge in [-0.1, -0.05) is 111 Å². The number of aromatic hydroxyl groups is 6. The van der Waals surface area contributed by atoms with E-state index in [1.807, 2.05) is 90.1 Å². The Balaban J connectivity index is 0.000000131. The van der Waals surface area contributed by atoms with Crippen molar-refractivity contribution in [3.63, 3.8) is 0 Å². The molecule has 8 N–H and O–H groups in total. The molecule has 8 heterocycles. The fraction of sp³-hybridized carbons (Fsp3) is 0.489. The van der Waals surface area contributed by atoms with Gasteiger partial charge in [-0.05, 0) is 171 Å². The zero-order valence-electron chi connectivity index (χ0n) is 70.0. The number of benzene rings is 8. The molecule has 600 valence electrons. The van der Waals surface area contributed by atoms with Crippen molar-refractivity contribution in [2.24, 2.45) is 0 Å². The summed E-state index contributed by atoms with van der Waals surface area (Å²) in [6, 6.07) is 30.0. The molecule has 8 aliphatic rings. The minimum absolute atomic E-state index is 0.0400. The number of aliphatic hydroxyl groups excluding tert-OH is 2. The molecule has 0 saturated heterocycles. The maximum Gasteiger partial charge on any atom is 0.252 e. The van der Waals surface area contributed by atoms with Gasteiger partial charge in [-0.25, -0.2) is 0 Å². The van der Waals surface area contributed by atoms with E-state index >= 15 is 0 Å². The Morgan fingerprint density at radius 2 is 0.455 bits per heavy atom. The summed E-state index contributed by atoms with van der Waals surface area (Å²) in [6.45, 7) is 46.0. The lowest BCUT2D eigenvalue weighted by Gasteiger charge is -2.51. The van der Waals surface area contributed by atoms with Crippen LogP contribution in [0.15, 0.2) is 97.1 Å². The molecular formula is C94H116O18. The van der Waals surface area contributed by atoms with Gasteiger partial charge in [0.2, 0.25) is 0 Å². The van der Waals surface area contributed by atoms with Crippen molar-refractivity contribution in [3.05, 3.63) is 186 Å². The predicted octanol–water partition coefficient (Wildman–Crippen LogP) is 19.9. The molecule has 2 atom stereocenters. The van der Waals surface area contributed by atoms with Gasteiger partial charge in [0.15, 0.2) is 11.5 Å². The second-order valence-corrected chi connectivity index (χ2v) is 38.4. The van der Waals surface area contributed by atoms with E-state index in [9.17, 15) is 40.9 Å². The maximum atomic E-state index is 10.2. The summed E-state index contributed by atoms with van der Waals surface area (Å²) in [7, 11) is 3.21. The van der Waals surface area contributed by atoms with E-state index in [-0.39, 0.29) is 68.0 Å². The van der Waals surface area contributed by atoms with Gasteiger partial charge >= 0.3 is 0 Å². The van der Waals surface area contributed by atoms with Gasteiger partial charge in [-0.2, -0.15) is 0 Å². The largest absolute Gasteiger partial charge is 0.508 e. The molecule has 112 heavy (non-hydrogen) atoms. The molecule has 8 aromatic rings. The molecule has 0 amide bonds. The number of rotatable bonds is 4. The van der Waals surface area contributed by atoms with Gasteiger partial charge in [-0.3, -0.25) is 0 Å². The Morgan fingerprint density at radius 3 is 0.723 bits per heavy atom. The number of hydrogen-bond donors (Lipinski definition) is 8. The Kier molecular flexibility index (Phi) is 19.5. The van der Waals surface area contributed by atoms with Crippen molar-refractivity contribution in [2.75, 3.05) is 14.2 Å². The second-order valence-electron chi connectivity index (χ2n) is 38.4. The van der Waals surface area contributed by atoms with E-state index in [1.165, 1.54) is 7.11 Å². The first kappa shape index (κ1) is 80.5. The molecular weight excluding hydrogens is 1420 g/mol. The van der Waals surface area contributed by atoms with Gasteiger partial charge < -0.3 is 88.2 Å². The van der Waals surface area contributed by atoms with Crippen LogP contribution in [0.3, 0.4) is 0 Å². The molecule has 2 unspecified atom stereocenters. The van der Waals surface area contributed by atoms with Crippen molar-refractivity contribution in [3.8, 4) is 92.0 Å². The van der Waals surface area contributed by atoms with Crippen LogP contribution in [-0.4, -0.2) is 78.2 Å². The van der Waals surface area contributed by atoms with Crippen LogP contribution in [0, 0.1) is 41.5 Å². The van der Waals surface area contributed by atoms with Crippen LogP contribution in [0.4, 0.5) is 0 Å². The molecule has 0 aromatic heterocycles.